The Labute approximate surface area is 200 Å². The third-order valence-electron chi connectivity index (χ3n) is 4.17. The lowest BCUT2D eigenvalue weighted by atomic mass is 10.2. The number of benzene rings is 3. The van der Waals surface area contributed by atoms with Gasteiger partial charge in [-0.1, -0.05) is 64.1 Å². The molecule has 0 aliphatic heterocycles. The second-order valence-electron chi connectivity index (χ2n) is 6.34. The number of nitrogens with one attached hydrogen (secondary N) is 1. The van der Waals surface area contributed by atoms with E-state index in [9.17, 15) is 0 Å². The van der Waals surface area contributed by atoms with Crippen molar-refractivity contribution in [2.24, 2.45) is 0 Å². The molecule has 158 valence electrons. The zero-order valence-electron chi connectivity index (χ0n) is 15.9. The zero-order valence-corrected chi connectivity index (χ0v) is 19.7. The summed E-state index contributed by atoms with van der Waals surface area (Å²) in [6.45, 7) is 3.06. The van der Waals surface area contributed by atoms with Crippen molar-refractivity contribution in [3.8, 4) is 11.5 Å². The molecule has 0 unspecified atom stereocenters. The maximum absolute atomic E-state index is 6.51. The van der Waals surface area contributed by atoms with Crippen molar-refractivity contribution >= 4 is 63.7 Å². The van der Waals surface area contributed by atoms with E-state index in [0.717, 1.165) is 16.8 Å². The maximum Gasteiger partial charge on any atom is 0.180 e. The van der Waals surface area contributed by atoms with Gasteiger partial charge in [-0.2, -0.15) is 0 Å². The third kappa shape index (κ3) is 6.03. The van der Waals surface area contributed by atoms with Gasteiger partial charge in [-0.05, 0) is 55.0 Å². The lowest BCUT2D eigenvalue weighted by Crippen LogP contribution is -2.04. The number of rotatable bonds is 8. The molecule has 8 heteroatoms. The summed E-state index contributed by atoms with van der Waals surface area (Å²) in [6.07, 6.45) is 0. The third-order valence-corrected chi connectivity index (χ3v) is 5.60. The highest BCUT2D eigenvalue weighted by Crippen LogP contribution is 2.38. The van der Waals surface area contributed by atoms with Crippen LogP contribution in [-0.2, 0) is 13.2 Å². The normalized spacial score (nSPS) is 10.7. The highest BCUT2D eigenvalue weighted by Gasteiger charge is 2.14. The van der Waals surface area contributed by atoms with E-state index in [-0.39, 0.29) is 6.61 Å². The smallest absolute Gasteiger partial charge is 0.180 e. The van der Waals surface area contributed by atoms with Crippen LogP contribution in [0.25, 0.3) is 0 Å². The van der Waals surface area contributed by atoms with Crippen LogP contribution in [0.4, 0.5) is 5.69 Å². The summed E-state index contributed by atoms with van der Waals surface area (Å²) in [6, 6.07) is 14.2. The van der Waals surface area contributed by atoms with Gasteiger partial charge in [-0.15, -0.1) is 0 Å². The van der Waals surface area contributed by atoms with Gasteiger partial charge in [0, 0.05) is 27.2 Å². The second-order valence-corrected chi connectivity index (χ2v) is 8.43. The average molecular weight is 506 g/mol. The van der Waals surface area contributed by atoms with Crippen molar-refractivity contribution in [3.05, 3.63) is 84.8 Å². The molecular formula is C22H18Cl5NO2. The molecule has 0 aliphatic rings. The van der Waals surface area contributed by atoms with Crippen LogP contribution in [0.1, 0.15) is 18.1 Å². The molecule has 3 aromatic carbocycles. The van der Waals surface area contributed by atoms with Crippen molar-refractivity contribution in [2.45, 2.75) is 20.1 Å². The van der Waals surface area contributed by atoms with Gasteiger partial charge >= 0.3 is 0 Å². The van der Waals surface area contributed by atoms with E-state index in [1.54, 1.807) is 30.3 Å². The van der Waals surface area contributed by atoms with E-state index >= 15 is 0 Å². The Morgan fingerprint density at radius 1 is 0.767 bits per heavy atom. The van der Waals surface area contributed by atoms with Crippen LogP contribution >= 0.6 is 58.0 Å². The van der Waals surface area contributed by atoms with Crippen LogP contribution in [-0.4, -0.2) is 6.61 Å². The van der Waals surface area contributed by atoms with Crippen molar-refractivity contribution in [1.82, 2.24) is 0 Å². The van der Waals surface area contributed by atoms with Crippen LogP contribution in [0, 0.1) is 0 Å². The molecule has 0 saturated carbocycles. The van der Waals surface area contributed by atoms with Crippen molar-refractivity contribution in [1.29, 1.82) is 0 Å². The molecule has 30 heavy (non-hydrogen) atoms. The molecule has 0 radical (unpaired) electrons. The van der Waals surface area contributed by atoms with E-state index in [4.69, 9.17) is 67.5 Å². The molecule has 1 N–H and O–H groups in total. The standard InChI is InChI=1S/C22H18Cl5NO2/c1-2-29-21-8-13(11-28-20-10-16(24)5-6-17(20)25)7-19(27)22(21)30-12-14-3-4-15(23)9-18(14)26/h3-10,28H,2,11-12H2,1H3. The summed E-state index contributed by atoms with van der Waals surface area (Å²) in [5, 5.41) is 5.95. The van der Waals surface area contributed by atoms with Gasteiger partial charge in [0.15, 0.2) is 11.5 Å². The summed E-state index contributed by atoms with van der Waals surface area (Å²) in [5.41, 5.74) is 2.42. The summed E-state index contributed by atoms with van der Waals surface area (Å²) in [4.78, 5) is 0. The Hall–Kier alpha value is -1.49. The highest BCUT2D eigenvalue weighted by molar-refractivity contribution is 6.35. The van der Waals surface area contributed by atoms with Gasteiger partial charge in [0.05, 0.1) is 22.3 Å². The Balaban J connectivity index is 1.78. The molecule has 0 bridgehead atoms. The number of hydrogen-bond donors (Lipinski definition) is 1. The van der Waals surface area contributed by atoms with Crippen molar-refractivity contribution < 1.29 is 9.47 Å². The second kappa shape index (κ2) is 10.7. The number of anilines is 1. The molecule has 0 fully saturated rings. The lowest BCUT2D eigenvalue weighted by Gasteiger charge is -2.16. The first-order valence-electron chi connectivity index (χ1n) is 9.08. The molecule has 0 spiro atoms. The molecule has 0 aromatic heterocycles. The number of ether oxygens (including phenoxy) is 2. The Morgan fingerprint density at radius 3 is 2.23 bits per heavy atom. The predicted octanol–water partition coefficient (Wildman–Crippen LogP) is 8.54. The van der Waals surface area contributed by atoms with Gasteiger partial charge < -0.3 is 14.8 Å². The zero-order chi connectivity index (χ0) is 21.7. The minimum atomic E-state index is 0.228. The monoisotopic (exact) mass is 503 g/mol. The van der Waals surface area contributed by atoms with Crippen molar-refractivity contribution in [2.75, 3.05) is 11.9 Å². The molecule has 0 atom stereocenters. The first kappa shape index (κ1) is 23.2. The molecule has 3 aromatic rings. The van der Waals surface area contributed by atoms with Crippen LogP contribution in [0.5, 0.6) is 11.5 Å². The molecular weight excluding hydrogens is 488 g/mol. The first-order valence-corrected chi connectivity index (χ1v) is 11.0. The molecule has 0 saturated heterocycles. The van der Waals surface area contributed by atoms with Gasteiger partial charge in [0.1, 0.15) is 6.61 Å². The lowest BCUT2D eigenvalue weighted by molar-refractivity contribution is 0.269. The minimum absolute atomic E-state index is 0.228. The summed E-state index contributed by atoms with van der Waals surface area (Å²) < 4.78 is 11.7. The SMILES string of the molecule is CCOc1cc(CNc2cc(Cl)ccc2Cl)cc(Cl)c1OCc1ccc(Cl)cc1Cl. The molecule has 0 aliphatic carbocycles. The topological polar surface area (TPSA) is 30.5 Å². The van der Waals surface area contributed by atoms with Gasteiger partial charge in [0.2, 0.25) is 0 Å². The van der Waals surface area contributed by atoms with E-state index in [1.807, 2.05) is 25.1 Å². The molecule has 0 amide bonds. The van der Waals surface area contributed by atoms with Crippen LogP contribution in [0.15, 0.2) is 48.5 Å². The summed E-state index contributed by atoms with van der Waals surface area (Å²) in [7, 11) is 0. The highest BCUT2D eigenvalue weighted by atomic mass is 35.5. The van der Waals surface area contributed by atoms with E-state index in [2.05, 4.69) is 5.32 Å². The Morgan fingerprint density at radius 2 is 1.50 bits per heavy atom. The quantitative estimate of drug-likeness (QED) is 0.333. The van der Waals surface area contributed by atoms with Crippen LogP contribution < -0.4 is 14.8 Å². The van der Waals surface area contributed by atoms with E-state index in [0.29, 0.717) is 49.8 Å². The average Bonchev–Trinajstić information content (AvgIpc) is 2.69. The van der Waals surface area contributed by atoms with E-state index < -0.39 is 0 Å². The van der Waals surface area contributed by atoms with E-state index in [1.165, 1.54) is 0 Å². The minimum Gasteiger partial charge on any atom is -0.490 e. The Bertz CT molecular complexity index is 1040. The largest absolute Gasteiger partial charge is 0.490 e. The summed E-state index contributed by atoms with van der Waals surface area (Å²) >= 11 is 30.9. The van der Waals surface area contributed by atoms with Crippen LogP contribution in [0.2, 0.25) is 25.1 Å². The fourth-order valence-electron chi connectivity index (χ4n) is 2.75. The van der Waals surface area contributed by atoms with Gasteiger partial charge in [-0.25, -0.2) is 0 Å². The van der Waals surface area contributed by atoms with Gasteiger partial charge in [0.25, 0.3) is 0 Å². The predicted molar refractivity (Wildman–Crippen MR) is 127 cm³/mol. The first-order chi connectivity index (χ1) is 14.4. The fraction of sp³-hybridized carbons (Fsp3) is 0.182. The number of halogens is 5. The maximum atomic E-state index is 6.51. The Kier molecular flexibility index (Phi) is 8.27. The number of hydrogen-bond acceptors (Lipinski definition) is 3. The molecule has 3 nitrogen and oxygen atoms in total. The molecule has 0 heterocycles. The van der Waals surface area contributed by atoms with Crippen molar-refractivity contribution in [3.63, 3.8) is 0 Å². The fourth-order valence-corrected chi connectivity index (χ4v) is 3.85. The molecule has 3 rings (SSSR count). The van der Waals surface area contributed by atoms with Gasteiger partial charge in [-0.3, -0.25) is 0 Å². The van der Waals surface area contributed by atoms with Crippen LogP contribution in [0.3, 0.4) is 0 Å². The summed E-state index contributed by atoms with van der Waals surface area (Å²) in [5.74, 6) is 0.998.